The van der Waals surface area contributed by atoms with Crippen LogP contribution in [0.5, 0.6) is 0 Å². The molecule has 7 aromatic carbocycles. The van der Waals surface area contributed by atoms with E-state index < -0.39 is 0 Å². The van der Waals surface area contributed by atoms with Crippen molar-refractivity contribution in [1.82, 2.24) is 15.0 Å². The molecule has 0 atom stereocenters. The van der Waals surface area contributed by atoms with Gasteiger partial charge in [-0.25, -0.2) is 8.78 Å². The molecule has 3 heterocycles. The third-order valence-electron chi connectivity index (χ3n) is 12.3. The zero-order chi connectivity index (χ0) is 44.7. The summed E-state index contributed by atoms with van der Waals surface area (Å²) in [5.41, 5.74) is 17.4. The first-order valence-electron chi connectivity index (χ1n) is 22.4. The summed E-state index contributed by atoms with van der Waals surface area (Å²) in [4.78, 5) is 13.6. The lowest BCUT2D eigenvalue weighted by Gasteiger charge is -2.15. The van der Waals surface area contributed by atoms with E-state index in [-0.39, 0.29) is 11.6 Å². The van der Waals surface area contributed by atoms with Crippen molar-refractivity contribution in [3.63, 3.8) is 0 Å². The topological polar surface area (TPSA) is 38.7 Å². The maximum atomic E-state index is 15.6. The highest BCUT2D eigenvalue weighted by molar-refractivity contribution is 5.85. The van der Waals surface area contributed by atoms with Gasteiger partial charge in [0.05, 0.1) is 17.1 Å². The summed E-state index contributed by atoms with van der Waals surface area (Å²) >= 11 is 0. The Morgan fingerprint density at radius 2 is 0.727 bits per heavy atom. The number of benzene rings is 7. The highest BCUT2D eigenvalue weighted by atomic mass is 19.1. The molecule has 0 saturated carbocycles. The van der Waals surface area contributed by atoms with E-state index in [4.69, 9.17) is 4.98 Å². The van der Waals surface area contributed by atoms with Crippen molar-refractivity contribution in [2.45, 2.75) is 25.7 Å². The molecule has 0 spiro atoms. The summed E-state index contributed by atoms with van der Waals surface area (Å²) in [6.45, 7) is 0. The molecule has 10 rings (SSSR count). The zero-order valence-corrected chi connectivity index (χ0v) is 36.3. The molecule has 3 nitrogen and oxygen atoms in total. The quantitative estimate of drug-likeness (QED) is 0.116. The Morgan fingerprint density at radius 3 is 1.27 bits per heavy atom. The van der Waals surface area contributed by atoms with E-state index in [1.807, 2.05) is 72.9 Å². The van der Waals surface area contributed by atoms with Gasteiger partial charge in [-0.15, -0.1) is 0 Å². The van der Waals surface area contributed by atoms with Gasteiger partial charge in [0.2, 0.25) is 0 Å². The molecule has 0 aliphatic heterocycles. The van der Waals surface area contributed by atoms with Gasteiger partial charge < -0.3 is 0 Å². The van der Waals surface area contributed by atoms with Crippen LogP contribution in [-0.4, -0.2) is 15.0 Å². The number of halogens is 2. The third-order valence-corrected chi connectivity index (χ3v) is 12.3. The molecule has 0 N–H and O–H groups in total. The van der Waals surface area contributed by atoms with Crippen molar-refractivity contribution >= 4 is 0 Å². The van der Waals surface area contributed by atoms with E-state index in [0.717, 1.165) is 78.3 Å². The summed E-state index contributed by atoms with van der Waals surface area (Å²) in [5.74, 6) is -0.486. The Balaban J connectivity index is 0.928. The Bertz CT molecular complexity index is 3130. The normalized spacial score (nSPS) is 11.1. The Hall–Kier alpha value is -8.15. The maximum absolute atomic E-state index is 15.6. The van der Waals surface area contributed by atoms with Crippen LogP contribution in [0.1, 0.15) is 22.3 Å². The van der Waals surface area contributed by atoms with Crippen LogP contribution in [0.25, 0.3) is 78.3 Å². The molecule has 5 heteroatoms. The second kappa shape index (κ2) is 19.3. The smallest absolute Gasteiger partial charge is 0.127 e. The monoisotopic (exact) mass is 857 g/mol. The highest BCUT2D eigenvalue weighted by Gasteiger charge is 2.14. The van der Waals surface area contributed by atoms with Gasteiger partial charge in [0.1, 0.15) is 11.6 Å². The fourth-order valence-electron chi connectivity index (χ4n) is 8.71. The van der Waals surface area contributed by atoms with E-state index in [9.17, 15) is 0 Å². The average Bonchev–Trinajstić information content (AvgIpc) is 3.39. The van der Waals surface area contributed by atoms with E-state index in [1.165, 1.54) is 11.1 Å². The zero-order valence-electron chi connectivity index (χ0n) is 36.3. The fourth-order valence-corrected chi connectivity index (χ4v) is 8.71. The predicted octanol–water partition coefficient (Wildman–Crippen LogP) is 15.4. The molecule has 0 aliphatic carbocycles. The lowest BCUT2D eigenvalue weighted by Crippen LogP contribution is -2.00. The summed E-state index contributed by atoms with van der Waals surface area (Å²) < 4.78 is 31.2. The van der Waals surface area contributed by atoms with Crippen molar-refractivity contribution < 1.29 is 8.78 Å². The second-order valence-electron chi connectivity index (χ2n) is 16.6. The molecule has 0 aliphatic rings. The first-order valence-corrected chi connectivity index (χ1v) is 22.4. The molecule has 318 valence electrons. The van der Waals surface area contributed by atoms with Crippen molar-refractivity contribution in [2.75, 3.05) is 0 Å². The summed E-state index contributed by atoms with van der Waals surface area (Å²) in [7, 11) is 0. The first-order chi connectivity index (χ1) is 32.5. The van der Waals surface area contributed by atoms with Gasteiger partial charge in [0, 0.05) is 35.3 Å². The number of aromatic nitrogens is 3. The van der Waals surface area contributed by atoms with E-state index in [0.29, 0.717) is 36.8 Å². The lowest BCUT2D eigenvalue weighted by molar-refractivity contribution is 0.609. The third kappa shape index (κ3) is 9.52. The predicted molar refractivity (Wildman–Crippen MR) is 265 cm³/mol. The van der Waals surface area contributed by atoms with Gasteiger partial charge >= 0.3 is 0 Å². The van der Waals surface area contributed by atoms with Crippen LogP contribution in [0.3, 0.4) is 0 Å². The molecular formula is C61H45F2N3. The van der Waals surface area contributed by atoms with Crippen LogP contribution in [0.2, 0.25) is 0 Å². The largest absolute Gasteiger partial charge is 0.256 e. The number of nitrogens with zero attached hydrogens (tertiary/aromatic N) is 3. The molecule has 3 aromatic heterocycles. The van der Waals surface area contributed by atoms with Crippen molar-refractivity contribution in [3.05, 3.63) is 259 Å². The molecule has 0 radical (unpaired) electrons. The SMILES string of the molecule is Fc1cc(-c2ccccn2)ccc1CCc1cc(CCc2ccc(-c3ccccn3)cc2F)cc(-c2ccccc2-c2ccc(-c3cc(-c4ccc(-c5ccccc5)cc4)ccn3)cc2)c1. The van der Waals surface area contributed by atoms with Crippen LogP contribution in [0.15, 0.2) is 225 Å². The van der Waals surface area contributed by atoms with Gasteiger partial charge in [0.15, 0.2) is 0 Å². The van der Waals surface area contributed by atoms with Gasteiger partial charge in [-0.05, 0) is 141 Å². The maximum Gasteiger partial charge on any atom is 0.127 e. The summed E-state index contributed by atoms with van der Waals surface area (Å²) in [6, 6.07) is 69.0. The molecule has 0 amide bonds. The van der Waals surface area contributed by atoms with Crippen LogP contribution < -0.4 is 0 Å². The van der Waals surface area contributed by atoms with Crippen LogP contribution >= 0.6 is 0 Å². The number of pyridine rings is 3. The van der Waals surface area contributed by atoms with Gasteiger partial charge in [-0.3, -0.25) is 15.0 Å². The number of aryl methyl sites for hydroxylation is 4. The summed E-state index contributed by atoms with van der Waals surface area (Å²) in [6.07, 6.45) is 7.63. The highest BCUT2D eigenvalue weighted by Crippen LogP contribution is 2.36. The van der Waals surface area contributed by atoms with Crippen LogP contribution in [-0.2, 0) is 25.7 Å². The van der Waals surface area contributed by atoms with E-state index >= 15 is 8.78 Å². The minimum atomic E-state index is -0.243. The Kier molecular flexibility index (Phi) is 12.2. The van der Waals surface area contributed by atoms with E-state index in [2.05, 4.69) is 137 Å². The molecule has 0 saturated heterocycles. The number of rotatable bonds is 13. The molecule has 66 heavy (non-hydrogen) atoms. The average molecular weight is 858 g/mol. The number of hydrogen-bond donors (Lipinski definition) is 0. The summed E-state index contributed by atoms with van der Waals surface area (Å²) in [5, 5.41) is 0. The molecule has 10 aromatic rings. The molecule has 0 unspecified atom stereocenters. The Morgan fingerprint density at radius 1 is 0.273 bits per heavy atom. The van der Waals surface area contributed by atoms with Gasteiger partial charge in [-0.1, -0.05) is 158 Å². The Labute approximate surface area is 384 Å². The molecular weight excluding hydrogens is 813 g/mol. The van der Waals surface area contributed by atoms with Crippen molar-refractivity contribution in [1.29, 1.82) is 0 Å². The van der Waals surface area contributed by atoms with Crippen LogP contribution in [0, 0.1) is 11.6 Å². The lowest BCUT2D eigenvalue weighted by atomic mass is 9.89. The molecule has 0 fully saturated rings. The van der Waals surface area contributed by atoms with Gasteiger partial charge in [-0.2, -0.15) is 0 Å². The minimum absolute atomic E-state index is 0.243. The fraction of sp³-hybridized carbons (Fsp3) is 0.0656. The minimum Gasteiger partial charge on any atom is -0.256 e. The number of hydrogen-bond acceptors (Lipinski definition) is 3. The molecule has 0 bridgehead atoms. The second-order valence-corrected chi connectivity index (χ2v) is 16.6. The first kappa shape index (κ1) is 41.8. The van der Waals surface area contributed by atoms with Crippen molar-refractivity contribution in [2.24, 2.45) is 0 Å². The van der Waals surface area contributed by atoms with Crippen molar-refractivity contribution in [3.8, 4) is 78.3 Å². The van der Waals surface area contributed by atoms with Crippen LogP contribution in [0.4, 0.5) is 8.78 Å². The standard InChI is InChI=1S/C61H45F2N3/c62-57-39-52(59-14-6-8-33-64-59)30-26-48(57)18-16-42-36-43(17-19-49-27-31-53(40-58(49)63)60-15-7-9-34-65-60)38-54(37-42)56-13-5-4-12-55(56)47-24-28-50(29-25-47)61-41-51(32-35-66-61)46-22-20-45(21-23-46)44-10-2-1-3-11-44/h1-15,20-41H,16-19H2. The van der Waals surface area contributed by atoms with Gasteiger partial charge in [0.25, 0.3) is 0 Å². The van der Waals surface area contributed by atoms with E-state index in [1.54, 1.807) is 24.5 Å².